The highest BCUT2D eigenvalue weighted by atomic mass is 16.3. The summed E-state index contributed by atoms with van der Waals surface area (Å²) in [5, 5.41) is 31.2. The van der Waals surface area contributed by atoms with Gasteiger partial charge in [0.25, 0.3) is 0 Å². The lowest BCUT2D eigenvalue weighted by molar-refractivity contribution is -0.0375. The molecule has 3 N–H and O–H groups in total. The minimum atomic E-state index is -0.937. The van der Waals surface area contributed by atoms with Gasteiger partial charge in [0.05, 0.1) is 18.3 Å². The molecule has 21 heavy (non-hydrogen) atoms. The number of hydrogen-bond acceptors (Lipinski definition) is 3. The van der Waals surface area contributed by atoms with Crippen molar-refractivity contribution in [3.63, 3.8) is 0 Å². The van der Waals surface area contributed by atoms with Gasteiger partial charge in [-0.15, -0.1) is 0 Å². The Balaban J connectivity index is 2.90. The predicted octanol–water partition coefficient (Wildman–Crippen LogP) is 3.09. The van der Waals surface area contributed by atoms with E-state index in [1.807, 2.05) is 44.2 Å². The first-order valence-corrected chi connectivity index (χ1v) is 8.06. The van der Waals surface area contributed by atoms with E-state index in [0.29, 0.717) is 18.8 Å². The monoisotopic (exact) mass is 294 g/mol. The predicted molar refractivity (Wildman–Crippen MR) is 86.2 cm³/mol. The molecule has 4 unspecified atom stereocenters. The number of hydrogen-bond donors (Lipinski definition) is 3. The first-order valence-electron chi connectivity index (χ1n) is 8.06. The van der Waals surface area contributed by atoms with Crippen molar-refractivity contribution in [2.75, 3.05) is 0 Å². The Kier molecular flexibility index (Phi) is 7.94. The van der Waals surface area contributed by atoms with E-state index in [0.717, 1.165) is 18.4 Å². The molecule has 0 bridgehead atoms. The summed E-state index contributed by atoms with van der Waals surface area (Å²) in [7, 11) is 0. The summed E-state index contributed by atoms with van der Waals surface area (Å²) in [4.78, 5) is 0. The van der Waals surface area contributed by atoms with Crippen LogP contribution in [-0.4, -0.2) is 33.6 Å². The van der Waals surface area contributed by atoms with Crippen LogP contribution in [0.1, 0.15) is 57.9 Å². The maximum absolute atomic E-state index is 10.5. The van der Waals surface area contributed by atoms with E-state index in [4.69, 9.17) is 0 Å². The van der Waals surface area contributed by atoms with Gasteiger partial charge in [-0.1, -0.05) is 63.9 Å². The quantitative estimate of drug-likeness (QED) is 0.656. The van der Waals surface area contributed by atoms with Gasteiger partial charge in [0, 0.05) is 5.92 Å². The van der Waals surface area contributed by atoms with E-state index in [9.17, 15) is 15.3 Å². The summed E-state index contributed by atoms with van der Waals surface area (Å²) >= 11 is 0. The maximum atomic E-state index is 10.5. The molecule has 3 nitrogen and oxygen atoms in total. The molecule has 0 heterocycles. The van der Waals surface area contributed by atoms with Gasteiger partial charge in [0.2, 0.25) is 0 Å². The Morgan fingerprint density at radius 2 is 1.57 bits per heavy atom. The number of unbranched alkanes of at least 4 members (excludes halogenated alkanes) is 1. The summed E-state index contributed by atoms with van der Waals surface area (Å²) in [6.45, 7) is 6.15. The molecule has 0 aliphatic carbocycles. The summed E-state index contributed by atoms with van der Waals surface area (Å²) in [5.74, 6) is -0.105. The van der Waals surface area contributed by atoms with Crippen molar-refractivity contribution < 1.29 is 15.3 Å². The Hall–Kier alpha value is -0.900. The molecule has 0 aromatic heterocycles. The van der Waals surface area contributed by atoms with Crippen LogP contribution in [0.15, 0.2) is 30.3 Å². The molecule has 0 aliphatic rings. The normalized spacial score (nSPS) is 17.5. The minimum Gasteiger partial charge on any atom is -0.392 e. The van der Waals surface area contributed by atoms with Gasteiger partial charge in [0.1, 0.15) is 0 Å². The topological polar surface area (TPSA) is 60.7 Å². The highest BCUT2D eigenvalue weighted by Crippen LogP contribution is 2.30. The van der Waals surface area contributed by atoms with E-state index in [2.05, 4.69) is 6.92 Å². The van der Waals surface area contributed by atoms with Crippen molar-refractivity contribution in [1.29, 1.82) is 0 Å². The summed E-state index contributed by atoms with van der Waals surface area (Å²) in [5.41, 5.74) is 0.883. The van der Waals surface area contributed by atoms with Crippen LogP contribution in [0.25, 0.3) is 0 Å². The second kappa shape index (κ2) is 9.19. The number of rotatable bonds is 9. The molecule has 0 spiro atoms. The standard InChI is InChI=1S/C18H30O3/c1-4-5-11-15(19)18(21)17(16(20)12-13(2)3)14-9-7-6-8-10-14/h6-10,13,15-21H,4-5,11-12H2,1-3H3. The average Bonchev–Trinajstić information content (AvgIpc) is 2.45. The van der Waals surface area contributed by atoms with Crippen LogP contribution in [0.4, 0.5) is 0 Å². The van der Waals surface area contributed by atoms with Gasteiger partial charge >= 0.3 is 0 Å². The molecule has 0 saturated carbocycles. The first-order chi connectivity index (χ1) is 9.97. The zero-order valence-corrected chi connectivity index (χ0v) is 13.4. The maximum Gasteiger partial charge on any atom is 0.0892 e. The van der Waals surface area contributed by atoms with Crippen LogP contribution in [0.3, 0.4) is 0 Å². The first kappa shape index (κ1) is 18.1. The number of aliphatic hydroxyl groups is 3. The molecule has 1 aromatic carbocycles. The van der Waals surface area contributed by atoms with Gasteiger partial charge in [-0.25, -0.2) is 0 Å². The Morgan fingerprint density at radius 3 is 2.10 bits per heavy atom. The third-order valence-electron chi connectivity index (χ3n) is 3.93. The molecule has 0 fully saturated rings. The van der Waals surface area contributed by atoms with Crippen molar-refractivity contribution in [2.24, 2.45) is 5.92 Å². The van der Waals surface area contributed by atoms with Crippen LogP contribution < -0.4 is 0 Å². The third kappa shape index (κ3) is 5.77. The van der Waals surface area contributed by atoms with Gasteiger partial charge in [-0.3, -0.25) is 0 Å². The Morgan fingerprint density at radius 1 is 0.952 bits per heavy atom. The lowest BCUT2D eigenvalue weighted by Gasteiger charge is -2.32. The summed E-state index contributed by atoms with van der Waals surface area (Å²) in [6.07, 6.45) is 0.643. The Bertz CT molecular complexity index is 377. The lowest BCUT2D eigenvalue weighted by Crippen LogP contribution is -2.38. The zero-order chi connectivity index (χ0) is 15.8. The third-order valence-corrected chi connectivity index (χ3v) is 3.93. The SMILES string of the molecule is CCCCC(O)C(O)C(c1ccccc1)C(O)CC(C)C. The van der Waals surface area contributed by atoms with Crippen molar-refractivity contribution in [3.05, 3.63) is 35.9 Å². The highest BCUT2D eigenvalue weighted by Gasteiger charge is 2.33. The molecule has 0 aliphatic heterocycles. The van der Waals surface area contributed by atoms with Gasteiger partial charge in [0.15, 0.2) is 0 Å². The largest absolute Gasteiger partial charge is 0.392 e. The smallest absolute Gasteiger partial charge is 0.0892 e. The second-order valence-electron chi connectivity index (χ2n) is 6.33. The number of aliphatic hydroxyl groups excluding tert-OH is 3. The minimum absolute atomic E-state index is 0.339. The summed E-state index contributed by atoms with van der Waals surface area (Å²) < 4.78 is 0. The lowest BCUT2D eigenvalue weighted by atomic mass is 9.81. The fourth-order valence-electron chi connectivity index (χ4n) is 2.78. The number of benzene rings is 1. The van der Waals surface area contributed by atoms with E-state index in [1.165, 1.54) is 0 Å². The Labute approximate surface area is 128 Å². The molecule has 1 aromatic rings. The molecule has 0 amide bonds. The second-order valence-corrected chi connectivity index (χ2v) is 6.33. The molecular weight excluding hydrogens is 264 g/mol. The summed E-state index contributed by atoms with van der Waals surface area (Å²) in [6, 6.07) is 9.52. The molecule has 0 saturated heterocycles. The van der Waals surface area contributed by atoms with Crippen LogP contribution >= 0.6 is 0 Å². The van der Waals surface area contributed by atoms with Crippen molar-refractivity contribution >= 4 is 0 Å². The van der Waals surface area contributed by atoms with Gasteiger partial charge < -0.3 is 15.3 Å². The van der Waals surface area contributed by atoms with Crippen LogP contribution in [0.2, 0.25) is 0 Å². The average molecular weight is 294 g/mol. The van der Waals surface area contributed by atoms with Crippen molar-refractivity contribution in [2.45, 2.75) is 70.7 Å². The molecular formula is C18H30O3. The van der Waals surface area contributed by atoms with Crippen molar-refractivity contribution in [1.82, 2.24) is 0 Å². The molecule has 0 radical (unpaired) electrons. The van der Waals surface area contributed by atoms with E-state index < -0.39 is 24.2 Å². The van der Waals surface area contributed by atoms with Crippen molar-refractivity contribution in [3.8, 4) is 0 Å². The van der Waals surface area contributed by atoms with Crippen LogP contribution in [-0.2, 0) is 0 Å². The van der Waals surface area contributed by atoms with E-state index in [1.54, 1.807) is 0 Å². The van der Waals surface area contributed by atoms with Crippen LogP contribution in [0.5, 0.6) is 0 Å². The highest BCUT2D eigenvalue weighted by molar-refractivity contribution is 5.22. The fraction of sp³-hybridized carbons (Fsp3) is 0.667. The van der Waals surface area contributed by atoms with Gasteiger partial charge in [-0.05, 0) is 24.3 Å². The fourth-order valence-corrected chi connectivity index (χ4v) is 2.78. The zero-order valence-electron chi connectivity index (χ0n) is 13.4. The molecule has 1 rings (SSSR count). The van der Waals surface area contributed by atoms with E-state index in [-0.39, 0.29) is 0 Å². The van der Waals surface area contributed by atoms with E-state index >= 15 is 0 Å². The van der Waals surface area contributed by atoms with Crippen LogP contribution in [0, 0.1) is 5.92 Å². The van der Waals surface area contributed by atoms with Gasteiger partial charge in [-0.2, -0.15) is 0 Å². The molecule has 4 atom stereocenters. The molecule has 120 valence electrons. The molecule has 3 heteroatoms.